The maximum absolute atomic E-state index is 12.5. The van der Waals surface area contributed by atoms with Crippen LogP contribution in [0.3, 0.4) is 0 Å². The van der Waals surface area contributed by atoms with Crippen molar-refractivity contribution in [1.29, 1.82) is 0 Å². The van der Waals surface area contributed by atoms with E-state index in [2.05, 4.69) is 15.7 Å². The molecule has 0 unspecified atom stereocenters. The monoisotopic (exact) mass is 440 g/mol. The summed E-state index contributed by atoms with van der Waals surface area (Å²) in [6, 6.07) is 9.26. The van der Waals surface area contributed by atoms with Gasteiger partial charge in [0, 0.05) is 48.5 Å². The summed E-state index contributed by atoms with van der Waals surface area (Å²) in [5.74, 6) is 0.400. The second-order valence-corrected chi connectivity index (χ2v) is 8.10. The van der Waals surface area contributed by atoms with E-state index < -0.39 is 0 Å². The van der Waals surface area contributed by atoms with Crippen LogP contribution < -0.4 is 10.6 Å². The van der Waals surface area contributed by atoms with E-state index in [0.717, 1.165) is 36.9 Å². The molecule has 31 heavy (non-hydrogen) atoms. The summed E-state index contributed by atoms with van der Waals surface area (Å²) in [4.78, 5) is 24.9. The quantitative estimate of drug-likeness (QED) is 0.728. The topological polar surface area (TPSA) is 85.3 Å². The highest BCUT2D eigenvalue weighted by atomic mass is 35.5. The number of halogens is 1. The highest BCUT2D eigenvalue weighted by Crippen LogP contribution is 2.26. The number of amides is 2. The molecule has 2 heterocycles. The fourth-order valence-corrected chi connectivity index (χ4v) is 3.95. The Labute approximate surface area is 186 Å². The van der Waals surface area contributed by atoms with Crippen molar-refractivity contribution in [3.8, 4) is 11.3 Å². The minimum Gasteiger partial charge on any atom is -0.381 e. The van der Waals surface area contributed by atoms with Crippen LogP contribution in [-0.4, -0.2) is 34.8 Å². The molecule has 162 valence electrons. The molecule has 1 aliphatic carbocycles. The van der Waals surface area contributed by atoms with Crippen LogP contribution in [0, 0.1) is 5.92 Å². The van der Waals surface area contributed by atoms with Gasteiger partial charge in [0.15, 0.2) is 0 Å². The van der Waals surface area contributed by atoms with Crippen molar-refractivity contribution < 1.29 is 14.3 Å². The zero-order chi connectivity index (χ0) is 21.8. The Balaban J connectivity index is 1.41. The summed E-state index contributed by atoms with van der Waals surface area (Å²) in [7, 11) is 1.80. The zero-order valence-corrected chi connectivity index (χ0v) is 18.1. The van der Waals surface area contributed by atoms with Crippen LogP contribution >= 0.6 is 11.6 Å². The lowest BCUT2D eigenvalue weighted by molar-refractivity contribution is -0.122. The molecule has 1 aromatic carbocycles. The number of carbonyl (C=O) groups is 2. The molecule has 1 fully saturated rings. The fourth-order valence-electron chi connectivity index (χ4n) is 3.68. The predicted molar refractivity (Wildman–Crippen MR) is 121 cm³/mol. The first-order valence-corrected chi connectivity index (χ1v) is 10.8. The molecule has 8 heteroatoms. The van der Waals surface area contributed by atoms with Crippen molar-refractivity contribution in [2.24, 2.45) is 13.0 Å². The fraction of sp³-hybridized carbons (Fsp3) is 0.348. The third-order valence-corrected chi connectivity index (χ3v) is 5.86. The third-order valence-electron chi connectivity index (χ3n) is 5.50. The van der Waals surface area contributed by atoms with E-state index in [1.54, 1.807) is 11.7 Å². The highest BCUT2D eigenvalue weighted by molar-refractivity contribution is 6.36. The molecule has 2 aliphatic rings. The van der Waals surface area contributed by atoms with Crippen LogP contribution in [-0.2, 0) is 21.4 Å². The molecule has 0 radical (unpaired) electrons. The number of hydrogen-bond acceptors (Lipinski definition) is 4. The molecule has 1 saturated heterocycles. The van der Waals surface area contributed by atoms with Gasteiger partial charge in [-0.3, -0.25) is 14.3 Å². The lowest BCUT2D eigenvalue weighted by Crippen LogP contribution is -2.29. The van der Waals surface area contributed by atoms with Gasteiger partial charge in [-0.2, -0.15) is 5.10 Å². The van der Waals surface area contributed by atoms with Crippen LogP contribution in [0.15, 0.2) is 53.1 Å². The molecule has 1 aromatic heterocycles. The van der Waals surface area contributed by atoms with Gasteiger partial charge in [0.1, 0.15) is 5.82 Å². The molecular formula is C23H25ClN4O3. The van der Waals surface area contributed by atoms with Gasteiger partial charge in [0.2, 0.25) is 5.91 Å². The second kappa shape index (κ2) is 9.49. The normalized spacial score (nSPS) is 17.0. The number of rotatable bonds is 5. The van der Waals surface area contributed by atoms with E-state index in [4.69, 9.17) is 16.3 Å². The van der Waals surface area contributed by atoms with Crippen molar-refractivity contribution in [2.45, 2.75) is 25.7 Å². The van der Waals surface area contributed by atoms with Gasteiger partial charge in [-0.15, -0.1) is 0 Å². The number of hydrogen-bond donors (Lipinski definition) is 2. The summed E-state index contributed by atoms with van der Waals surface area (Å²) in [5, 5.41) is 10.8. The summed E-state index contributed by atoms with van der Waals surface area (Å²) in [6.07, 6.45) is 6.86. The summed E-state index contributed by atoms with van der Waals surface area (Å²) in [6.45, 7) is 1.24. The highest BCUT2D eigenvalue weighted by Gasteiger charge is 2.23. The molecule has 4 rings (SSSR count). The lowest BCUT2D eigenvalue weighted by Gasteiger charge is -2.21. The Hall–Kier alpha value is -2.90. The molecule has 1 aliphatic heterocycles. The first-order valence-electron chi connectivity index (χ1n) is 10.4. The number of benzene rings is 1. The molecule has 7 nitrogen and oxygen atoms in total. The molecular weight excluding hydrogens is 416 g/mol. The SMILES string of the molecule is Cn1nc(-c2ccc(NC(=O)C3=CCCC=C3Cl)cc2)cc1NC(=O)C1CCOCC1. The predicted octanol–water partition coefficient (Wildman–Crippen LogP) is 4.23. The van der Waals surface area contributed by atoms with Gasteiger partial charge in [0.05, 0.1) is 11.3 Å². The number of ether oxygens (including phenoxy) is 1. The maximum Gasteiger partial charge on any atom is 0.256 e. The lowest BCUT2D eigenvalue weighted by atomic mass is 9.99. The molecule has 0 atom stereocenters. The average molecular weight is 441 g/mol. The van der Waals surface area contributed by atoms with Crippen LogP contribution in [0.4, 0.5) is 11.5 Å². The first kappa shape index (κ1) is 21.3. The number of allylic oxidation sites excluding steroid dienone is 2. The number of anilines is 2. The van der Waals surface area contributed by atoms with Crippen molar-refractivity contribution in [3.63, 3.8) is 0 Å². The van der Waals surface area contributed by atoms with Crippen molar-refractivity contribution >= 4 is 34.9 Å². The van der Waals surface area contributed by atoms with Gasteiger partial charge in [-0.05, 0) is 37.8 Å². The number of carbonyl (C=O) groups excluding carboxylic acids is 2. The van der Waals surface area contributed by atoms with E-state index in [0.29, 0.717) is 35.3 Å². The smallest absolute Gasteiger partial charge is 0.256 e. The Morgan fingerprint density at radius 1 is 1.10 bits per heavy atom. The van der Waals surface area contributed by atoms with Crippen LogP contribution in [0.25, 0.3) is 11.3 Å². The number of aromatic nitrogens is 2. The molecule has 2 N–H and O–H groups in total. The average Bonchev–Trinajstić information content (AvgIpc) is 3.15. The van der Waals surface area contributed by atoms with Gasteiger partial charge >= 0.3 is 0 Å². The summed E-state index contributed by atoms with van der Waals surface area (Å²) in [5.41, 5.74) is 2.80. The second-order valence-electron chi connectivity index (χ2n) is 7.69. The Morgan fingerprint density at radius 2 is 1.81 bits per heavy atom. The van der Waals surface area contributed by atoms with E-state index >= 15 is 0 Å². The summed E-state index contributed by atoms with van der Waals surface area (Å²) >= 11 is 6.14. The molecule has 2 amide bonds. The zero-order valence-electron chi connectivity index (χ0n) is 17.4. The minimum atomic E-state index is -0.218. The largest absolute Gasteiger partial charge is 0.381 e. The number of nitrogens with one attached hydrogen (secondary N) is 2. The molecule has 0 spiro atoms. The maximum atomic E-state index is 12.5. The van der Waals surface area contributed by atoms with Crippen molar-refractivity contribution in [3.05, 3.63) is 53.1 Å². The third kappa shape index (κ3) is 5.06. The van der Waals surface area contributed by atoms with E-state index in [1.807, 2.05) is 42.5 Å². The van der Waals surface area contributed by atoms with Crippen molar-refractivity contribution in [1.82, 2.24) is 9.78 Å². The standard InChI is InChI=1S/C23H25ClN4O3/c1-28-21(26-22(29)16-10-12-31-13-11-16)14-20(27-28)15-6-8-17(9-7-15)25-23(30)18-4-2-3-5-19(18)24/h4-9,14,16H,2-3,10-13H2,1H3,(H,25,30)(H,26,29). The Morgan fingerprint density at radius 3 is 2.52 bits per heavy atom. The van der Waals surface area contributed by atoms with E-state index in [9.17, 15) is 9.59 Å². The van der Waals surface area contributed by atoms with Crippen LogP contribution in [0.1, 0.15) is 25.7 Å². The number of aryl methyl sites for hydroxylation is 1. The van der Waals surface area contributed by atoms with Gasteiger partial charge < -0.3 is 15.4 Å². The molecule has 2 aromatic rings. The minimum absolute atomic E-state index is 0.000591. The Bertz CT molecular complexity index is 1030. The van der Waals surface area contributed by atoms with Crippen LogP contribution in [0.2, 0.25) is 0 Å². The Kier molecular flexibility index (Phi) is 6.53. The van der Waals surface area contributed by atoms with Gasteiger partial charge in [-0.1, -0.05) is 35.9 Å². The van der Waals surface area contributed by atoms with Crippen LogP contribution in [0.5, 0.6) is 0 Å². The summed E-state index contributed by atoms with van der Waals surface area (Å²) < 4.78 is 6.98. The van der Waals surface area contributed by atoms with Gasteiger partial charge in [-0.25, -0.2) is 0 Å². The van der Waals surface area contributed by atoms with Gasteiger partial charge in [0.25, 0.3) is 5.91 Å². The molecule has 0 bridgehead atoms. The molecule has 0 saturated carbocycles. The van der Waals surface area contributed by atoms with E-state index in [-0.39, 0.29) is 17.7 Å². The first-order chi connectivity index (χ1) is 15.0. The van der Waals surface area contributed by atoms with E-state index in [1.165, 1.54) is 0 Å². The number of nitrogens with zero attached hydrogens (tertiary/aromatic N) is 2. The van der Waals surface area contributed by atoms with Crippen molar-refractivity contribution in [2.75, 3.05) is 23.8 Å².